The fourth-order valence-electron chi connectivity index (χ4n) is 2.14. The standard InChI is InChI=1S/C15H14N6O3/c1-9-4-3-5-11(6-9)18-14-13(21(22)23)15(17-8-16-14)19-12-7-10(2)24-20-12/h3-8H,1-2H3,(H2,16,17,18,19,20). The van der Waals surface area contributed by atoms with Gasteiger partial charge in [0.2, 0.25) is 11.6 Å². The summed E-state index contributed by atoms with van der Waals surface area (Å²) in [7, 11) is 0. The van der Waals surface area contributed by atoms with E-state index in [2.05, 4.69) is 25.8 Å². The van der Waals surface area contributed by atoms with Gasteiger partial charge in [0.05, 0.1) is 4.92 Å². The van der Waals surface area contributed by atoms with Crippen molar-refractivity contribution in [1.29, 1.82) is 0 Å². The summed E-state index contributed by atoms with van der Waals surface area (Å²) < 4.78 is 4.93. The van der Waals surface area contributed by atoms with Crippen molar-refractivity contribution >= 4 is 28.8 Å². The van der Waals surface area contributed by atoms with Gasteiger partial charge in [-0.1, -0.05) is 17.3 Å². The molecule has 3 rings (SSSR count). The summed E-state index contributed by atoms with van der Waals surface area (Å²) in [4.78, 5) is 18.9. The summed E-state index contributed by atoms with van der Waals surface area (Å²) in [5, 5.41) is 21.0. The topological polar surface area (TPSA) is 119 Å². The van der Waals surface area contributed by atoms with Crippen molar-refractivity contribution in [3.8, 4) is 0 Å². The number of aryl methyl sites for hydroxylation is 2. The highest BCUT2D eigenvalue weighted by atomic mass is 16.6. The lowest BCUT2D eigenvalue weighted by molar-refractivity contribution is -0.383. The summed E-state index contributed by atoms with van der Waals surface area (Å²) in [6.45, 7) is 3.65. The van der Waals surface area contributed by atoms with Crippen LogP contribution in [0.15, 0.2) is 41.2 Å². The van der Waals surface area contributed by atoms with E-state index in [1.165, 1.54) is 6.33 Å². The van der Waals surface area contributed by atoms with Gasteiger partial charge in [-0.2, -0.15) is 0 Å². The SMILES string of the molecule is Cc1cccc(Nc2ncnc(Nc3cc(C)on3)c2[N+](=O)[O-])c1. The molecule has 9 heteroatoms. The number of hydrogen-bond acceptors (Lipinski definition) is 8. The molecule has 0 radical (unpaired) electrons. The molecule has 0 aliphatic rings. The molecule has 3 aromatic rings. The van der Waals surface area contributed by atoms with Gasteiger partial charge in [0, 0.05) is 11.8 Å². The van der Waals surface area contributed by atoms with E-state index in [9.17, 15) is 10.1 Å². The second kappa shape index (κ2) is 6.32. The summed E-state index contributed by atoms with van der Waals surface area (Å²) in [6.07, 6.45) is 1.24. The van der Waals surface area contributed by atoms with Gasteiger partial charge in [0.15, 0.2) is 5.82 Å². The number of aromatic nitrogens is 3. The summed E-state index contributed by atoms with van der Waals surface area (Å²) in [6, 6.07) is 9.05. The monoisotopic (exact) mass is 326 g/mol. The van der Waals surface area contributed by atoms with Crippen LogP contribution < -0.4 is 10.6 Å². The van der Waals surface area contributed by atoms with Crippen LogP contribution >= 0.6 is 0 Å². The Kier molecular flexibility index (Phi) is 4.06. The first-order valence-electron chi connectivity index (χ1n) is 7.06. The Morgan fingerprint density at radius 3 is 2.50 bits per heavy atom. The molecule has 0 saturated heterocycles. The third kappa shape index (κ3) is 3.29. The fourth-order valence-corrected chi connectivity index (χ4v) is 2.14. The van der Waals surface area contributed by atoms with E-state index in [0.29, 0.717) is 17.3 Å². The van der Waals surface area contributed by atoms with E-state index in [1.54, 1.807) is 19.1 Å². The minimum atomic E-state index is -0.548. The van der Waals surface area contributed by atoms with Crippen LogP contribution in [0, 0.1) is 24.0 Å². The van der Waals surface area contributed by atoms with Crippen molar-refractivity contribution in [2.75, 3.05) is 10.6 Å². The molecule has 0 aliphatic carbocycles. The summed E-state index contributed by atoms with van der Waals surface area (Å²) in [5.41, 5.74) is 1.44. The number of benzene rings is 1. The van der Waals surface area contributed by atoms with E-state index >= 15 is 0 Å². The highest BCUT2D eigenvalue weighted by molar-refractivity contribution is 5.76. The maximum Gasteiger partial charge on any atom is 0.353 e. The van der Waals surface area contributed by atoms with Crippen molar-refractivity contribution < 1.29 is 9.45 Å². The first-order valence-corrected chi connectivity index (χ1v) is 7.06. The smallest absolute Gasteiger partial charge is 0.353 e. The van der Waals surface area contributed by atoms with Crippen molar-refractivity contribution in [2.45, 2.75) is 13.8 Å². The molecular weight excluding hydrogens is 312 g/mol. The highest BCUT2D eigenvalue weighted by Gasteiger charge is 2.24. The molecule has 0 atom stereocenters. The zero-order valence-corrected chi connectivity index (χ0v) is 13.0. The number of nitro groups is 1. The number of hydrogen-bond donors (Lipinski definition) is 2. The third-order valence-corrected chi connectivity index (χ3v) is 3.16. The van der Waals surface area contributed by atoms with Gasteiger partial charge in [0.25, 0.3) is 0 Å². The number of anilines is 4. The Bertz CT molecular complexity index is 892. The quantitative estimate of drug-likeness (QED) is 0.540. The van der Waals surface area contributed by atoms with E-state index in [0.717, 1.165) is 5.56 Å². The molecule has 0 saturated carbocycles. The van der Waals surface area contributed by atoms with Crippen LogP contribution in [0.1, 0.15) is 11.3 Å². The van der Waals surface area contributed by atoms with Crippen LogP contribution in [0.3, 0.4) is 0 Å². The maximum atomic E-state index is 11.5. The Hall–Kier alpha value is -3.49. The molecule has 0 amide bonds. The molecule has 2 N–H and O–H groups in total. The lowest BCUT2D eigenvalue weighted by Crippen LogP contribution is -2.05. The van der Waals surface area contributed by atoms with E-state index in [1.807, 2.05) is 25.1 Å². The molecule has 1 aromatic carbocycles. The minimum Gasteiger partial charge on any atom is -0.360 e. The number of rotatable bonds is 5. The molecule has 24 heavy (non-hydrogen) atoms. The molecule has 0 unspecified atom stereocenters. The first-order chi connectivity index (χ1) is 11.5. The zero-order chi connectivity index (χ0) is 17.1. The Balaban J connectivity index is 1.97. The van der Waals surface area contributed by atoms with Crippen LogP contribution in [0.5, 0.6) is 0 Å². The predicted molar refractivity (Wildman–Crippen MR) is 87.7 cm³/mol. The average Bonchev–Trinajstić information content (AvgIpc) is 2.92. The summed E-state index contributed by atoms with van der Waals surface area (Å²) in [5.74, 6) is 1.02. The molecule has 9 nitrogen and oxygen atoms in total. The molecule has 0 aliphatic heterocycles. The second-order valence-electron chi connectivity index (χ2n) is 5.12. The Labute approximate surface area is 136 Å². The molecule has 0 bridgehead atoms. The van der Waals surface area contributed by atoms with Gasteiger partial charge < -0.3 is 15.2 Å². The van der Waals surface area contributed by atoms with Gasteiger partial charge in [-0.05, 0) is 31.5 Å². The van der Waals surface area contributed by atoms with Crippen LogP contribution in [-0.4, -0.2) is 20.0 Å². The van der Waals surface area contributed by atoms with Crippen LogP contribution in [0.2, 0.25) is 0 Å². The van der Waals surface area contributed by atoms with Gasteiger partial charge >= 0.3 is 5.69 Å². The van der Waals surface area contributed by atoms with E-state index in [4.69, 9.17) is 4.52 Å². The number of nitrogens with zero attached hydrogens (tertiary/aromatic N) is 4. The van der Waals surface area contributed by atoms with Crippen LogP contribution in [0.4, 0.5) is 28.8 Å². The molecule has 2 aromatic heterocycles. The van der Waals surface area contributed by atoms with Crippen LogP contribution in [-0.2, 0) is 0 Å². The second-order valence-corrected chi connectivity index (χ2v) is 5.12. The average molecular weight is 326 g/mol. The Morgan fingerprint density at radius 1 is 1.12 bits per heavy atom. The highest BCUT2D eigenvalue weighted by Crippen LogP contribution is 2.32. The molecular formula is C15H14N6O3. The van der Waals surface area contributed by atoms with E-state index in [-0.39, 0.29) is 17.3 Å². The van der Waals surface area contributed by atoms with Crippen molar-refractivity contribution in [3.63, 3.8) is 0 Å². The van der Waals surface area contributed by atoms with Crippen LogP contribution in [0.25, 0.3) is 0 Å². The van der Waals surface area contributed by atoms with E-state index < -0.39 is 4.92 Å². The third-order valence-electron chi connectivity index (χ3n) is 3.16. The van der Waals surface area contributed by atoms with Gasteiger partial charge in [-0.15, -0.1) is 0 Å². The molecule has 122 valence electrons. The van der Waals surface area contributed by atoms with Gasteiger partial charge in [-0.25, -0.2) is 9.97 Å². The zero-order valence-electron chi connectivity index (χ0n) is 13.0. The van der Waals surface area contributed by atoms with Crippen molar-refractivity contribution in [1.82, 2.24) is 15.1 Å². The molecule has 0 spiro atoms. The van der Waals surface area contributed by atoms with Crippen molar-refractivity contribution in [2.24, 2.45) is 0 Å². The van der Waals surface area contributed by atoms with Gasteiger partial charge in [0.1, 0.15) is 12.1 Å². The lowest BCUT2D eigenvalue weighted by Gasteiger charge is -2.09. The minimum absolute atomic E-state index is 0.0263. The molecule has 2 heterocycles. The van der Waals surface area contributed by atoms with Crippen molar-refractivity contribution in [3.05, 3.63) is 58.1 Å². The number of nitrogens with one attached hydrogen (secondary N) is 2. The summed E-state index contributed by atoms with van der Waals surface area (Å²) >= 11 is 0. The normalized spacial score (nSPS) is 10.4. The van der Waals surface area contributed by atoms with Gasteiger partial charge in [-0.3, -0.25) is 10.1 Å². The largest absolute Gasteiger partial charge is 0.360 e. The maximum absolute atomic E-state index is 11.5. The Morgan fingerprint density at radius 2 is 1.88 bits per heavy atom. The predicted octanol–water partition coefficient (Wildman–Crippen LogP) is 3.48. The fraction of sp³-hybridized carbons (Fsp3) is 0.133. The first kappa shape index (κ1) is 15.4. The lowest BCUT2D eigenvalue weighted by atomic mass is 10.2. The molecule has 0 fully saturated rings.